The van der Waals surface area contributed by atoms with E-state index in [0.717, 1.165) is 11.4 Å². The van der Waals surface area contributed by atoms with E-state index in [1.165, 1.54) is 0 Å². The number of rotatable bonds is 2. The van der Waals surface area contributed by atoms with Crippen molar-refractivity contribution in [3.63, 3.8) is 0 Å². The average molecular weight is 235 g/mol. The van der Waals surface area contributed by atoms with Crippen molar-refractivity contribution in [2.75, 3.05) is 5.32 Å². The first kappa shape index (κ1) is 12.0. The molecule has 0 fully saturated rings. The lowest BCUT2D eigenvalue weighted by molar-refractivity contribution is 1.55. The van der Waals surface area contributed by atoms with Gasteiger partial charge < -0.3 is 5.32 Å². The molecule has 0 aliphatic heterocycles. The van der Waals surface area contributed by atoms with Crippen LogP contribution >= 0.6 is 23.3 Å². The van der Waals surface area contributed by atoms with Crippen LogP contribution in [0.3, 0.4) is 0 Å². The van der Waals surface area contributed by atoms with E-state index >= 15 is 0 Å². The maximum atomic E-state index is 3.30. The second kappa shape index (κ2) is 7.26. The predicted molar refractivity (Wildman–Crippen MR) is 74.1 cm³/mol. The van der Waals surface area contributed by atoms with Crippen molar-refractivity contribution in [1.82, 2.24) is 0 Å². The molecule has 0 unspecified atom stereocenters. The molecule has 2 aromatic rings. The van der Waals surface area contributed by atoms with Crippen LogP contribution in [0, 0.1) is 0 Å². The zero-order valence-corrected chi connectivity index (χ0v) is 9.96. The Bertz CT molecular complexity index is 324. The van der Waals surface area contributed by atoms with Gasteiger partial charge in [0.15, 0.2) is 0 Å². The molecule has 15 heavy (non-hydrogen) atoms. The highest BCUT2D eigenvalue weighted by molar-refractivity contribution is 8.59. The summed E-state index contributed by atoms with van der Waals surface area (Å²) in [5.41, 5.74) is 2.24. The highest BCUT2D eigenvalue weighted by atomic mass is 33.1. The van der Waals surface area contributed by atoms with Gasteiger partial charge in [-0.25, -0.2) is 0 Å². The third-order valence-corrected chi connectivity index (χ3v) is 1.84. The summed E-state index contributed by atoms with van der Waals surface area (Å²) in [6.45, 7) is 0. The summed E-state index contributed by atoms with van der Waals surface area (Å²) in [5, 5.41) is 3.30. The second-order valence-electron chi connectivity index (χ2n) is 2.86. The zero-order chi connectivity index (χ0) is 10.9. The quantitative estimate of drug-likeness (QED) is 0.524. The maximum absolute atomic E-state index is 3.30. The zero-order valence-electron chi connectivity index (χ0n) is 8.17. The predicted octanol–water partition coefficient (Wildman–Crippen LogP) is 4.19. The van der Waals surface area contributed by atoms with Crippen LogP contribution in [0.5, 0.6) is 0 Å². The van der Waals surface area contributed by atoms with Crippen molar-refractivity contribution in [2.24, 2.45) is 0 Å². The third kappa shape index (κ3) is 4.32. The van der Waals surface area contributed by atoms with E-state index in [0.29, 0.717) is 0 Å². The number of anilines is 2. The van der Waals surface area contributed by atoms with Gasteiger partial charge in [0.1, 0.15) is 0 Å². The molecule has 0 amide bonds. The van der Waals surface area contributed by atoms with E-state index in [9.17, 15) is 0 Å². The van der Waals surface area contributed by atoms with E-state index in [-0.39, 0.29) is 0 Å². The van der Waals surface area contributed by atoms with Gasteiger partial charge in [-0.05, 0) is 24.3 Å². The standard InChI is InChI=1S/C12H11N.H2S2/c1-3-7-11(8-4-1)13-12-9-5-2-6-10-12;1-2/h1-10,13H;1-2H. The fourth-order valence-corrected chi connectivity index (χ4v) is 1.21. The minimum absolute atomic E-state index is 1.12. The van der Waals surface area contributed by atoms with Crippen molar-refractivity contribution in [3.8, 4) is 0 Å². The van der Waals surface area contributed by atoms with Crippen molar-refractivity contribution in [2.45, 2.75) is 0 Å². The number of nitrogens with one attached hydrogen (secondary N) is 1. The molecule has 0 atom stereocenters. The Morgan fingerprint density at radius 2 is 0.933 bits per heavy atom. The SMILES string of the molecule is SS.c1ccc(Nc2ccccc2)cc1. The van der Waals surface area contributed by atoms with Crippen LogP contribution < -0.4 is 5.32 Å². The molecule has 0 bridgehead atoms. The molecule has 0 radical (unpaired) electrons. The minimum atomic E-state index is 1.12. The number of hydrogen-bond acceptors (Lipinski definition) is 3. The lowest BCUT2D eigenvalue weighted by Crippen LogP contribution is -1.87. The van der Waals surface area contributed by atoms with E-state index in [1.807, 2.05) is 60.7 Å². The van der Waals surface area contributed by atoms with E-state index in [1.54, 1.807) is 0 Å². The normalized spacial score (nSPS) is 8.67. The van der Waals surface area contributed by atoms with Gasteiger partial charge >= 0.3 is 0 Å². The smallest absolute Gasteiger partial charge is 0.0384 e. The number of benzene rings is 2. The summed E-state index contributed by atoms with van der Waals surface area (Å²) in [7, 11) is 0. The highest BCUT2D eigenvalue weighted by Gasteiger charge is 1.89. The van der Waals surface area contributed by atoms with E-state index in [2.05, 4.69) is 28.6 Å². The summed E-state index contributed by atoms with van der Waals surface area (Å²) >= 11 is 6.44. The van der Waals surface area contributed by atoms with Crippen LogP contribution in [0.25, 0.3) is 0 Å². The van der Waals surface area contributed by atoms with Crippen LogP contribution in [-0.4, -0.2) is 0 Å². The van der Waals surface area contributed by atoms with Crippen LogP contribution in [0.4, 0.5) is 11.4 Å². The van der Waals surface area contributed by atoms with Crippen molar-refractivity contribution in [1.29, 1.82) is 0 Å². The summed E-state index contributed by atoms with van der Waals surface area (Å²) in [6, 6.07) is 20.3. The molecule has 0 aliphatic rings. The molecular weight excluding hydrogens is 222 g/mol. The Balaban J connectivity index is 0.000000531. The monoisotopic (exact) mass is 235 g/mol. The van der Waals surface area contributed by atoms with Crippen molar-refractivity contribution in [3.05, 3.63) is 60.7 Å². The fraction of sp³-hybridized carbons (Fsp3) is 0. The van der Waals surface area contributed by atoms with Gasteiger partial charge in [-0.15, -0.1) is 23.3 Å². The topological polar surface area (TPSA) is 12.0 Å². The van der Waals surface area contributed by atoms with E-state index < -0.39 is 0 Å². The summed E-state index contributed by atoms with van der Waals surface area (Å²) in [5.74, 6) is 0. The highest BCUT2D eigenvalue weighted by Crippen LogP contribution is 2.14. The Kier molecular flexibility index (Phi) is 5.81. The Hall–Kier alpha value is -1.06. The molecule has 78 valence electrons. The van der Waals surface area contributed by atoms with Crippen molar-refractivity contribution < 1.29 is 0 Å². The van der Waals surface area contributed by atoms with E-state index in [4.69, 9.17) is 0 Å². The van der Waals surface area contributed by atoms with Gasteiger partial charge in [-0.1, -0.05) is 36.4 Å². The molecule has 0 heterocycles. The lowest BCUT2D eigenvalue weighted by Gasteiger charge is -2.04. The summed E-state index contributed by atoms with van der Waals surface area (Å²) in [6.07, 6.45) is 0. The Labute approximate surface area is 101 Å². The fourth-order valence-electron chi connectivity index (χ4n) is 1.21. The number of para-hydroxylation sites is 2. The largest absolute Gasteiger partial charge is 0.356 e. The van der Waals surface area contributed by atoms with Crippen LogP contribution in [0.15, 0.2) is 60.7 Å². The molecule has 0 aliphatic carbocycles. The lowest BCUT2D eigenvalue weighted by atomic mass is 10.3. The van der Waals surface area contributed by atoms with Gasteiger partial charge in [0.2, 0.25) is 0 Å². The Morgan fingerprint density at radius 3 is 1.27 bits per heavy atom. The van der Waals surface area contributed by atoms with Gasteiger partial charge in [0.25, 0.3) is 0 Å². The first-order valence-electron chi connectivity index (χ1n) is 4.52. The van der Waals surface area contributed by atoms with Gasteiger partial charge in [0.05, 0.1) is 0 Å². The summed E-state index contributed by atoms with van der Waals surface area (Å²) in [4.78, 5) is 0. The second-order valence-corrected chi connectivity index (χ2v) is 2.86. The van der Waals surface area contributed by atoms with Crippen molar-refractivity contribution >= 4 is 34.7 Å². The molecule has 1 nitrogen and oxygen atoms in total. The average Bonchev–Trinajstić information content (AvgIpc) is 2.34. The minimum Gasteiger partial charge on any atom is -0.356 e. The molecule has 0 saturated carbocycles. The molecule has 2 rings (SSSR count). The third-order valence-electron chi connectivity index (χ3n) is 1.84. The van der Waals surface area contributed by atoms with Crippen LogP contribution in [0.2, 0.25) is 0 Å². The molecule has 2 aromatic carbocycles. The molecule has 3 heteroatoms. The molecule has 0 saturated heterocycles. The first-order valence-corrected chi connectivity index (χ1v) is 6.12. The van der Waals surface area contributed by atoms with Gasteiger partial charge in [0, 0.05) is 11.4 Å². The number of thiol groups is 2. The van der Waals surface area contributed by atoms with Crippen LogP contribution in [-0.2, 0) is 0 Å². The first-order chi connectivity index (χ1) is 7.45. The molecule has 1 N–H and O–H groups in total. The van der Waals surface area contributed by atoms with Gasteiger partial charge in [-0.2, -0.15) is 0 Å². The van der Waals surface area contributed by atoms with Gasteiger partial charge in [-0.3, -0.25) is 0 Å². The molecule has 0 spiro atoms. The Morgan fingerprint density at radius 1 is 0.600 bits per heavy atom. The molecular formula is C12H13NS2. The summed E-state index contributed by atoms with van der Waals surface area (Å²) < 4.78 is 0. The maximum Gasteiger partial charge on any atom is 0.0384 e. The van der Waals surface area contributed by atoms with Crippen LogP contribution in [0.1, 0.15) is 0 Å². The number of hydrogen-bond donors (Lipinski definition) is 3. The molecule has 0 aromatic heterocycles.